The van der Waals surface area contributed by atoms with Gasteiger partial charge in [0.15, 0.2) is 15.1 Å². The van der Waals surface area contributed by atoms with Crippen LogP contribution in [-0.2, 0) is 16.1 Å². The number of aliphatic hydroxyl groups is 4. The number of ether oxygens (including phenoxy) is 3. The summed E-state index contributed by atoms with van der Waals surface area (Å²) in [5, 5.41) is 40.1. The molecule has 1 aliphatic rings. The normalized spacial score (nSPS) is 25.6. The number of furan rings is 1. The lowest BCUT2D eigenvalue weighted by molar-refractivity contribution is -0.277. The molecule has 1 aromatic heterocycles. The van der Waals surface area contributed by atoms with Crippen LogP contribution in [-0.4, -0.2) is 63.7 Å². The van der Waals surface area contributed by atoms with Crippen LogP contribution in [0.5, 0.6) is 5.75 Å². The first-order valence-electron chi connectivity index (χ1n) is 9.79. The maximum absolute atomic E-state index is 12.3. The van der Waals surface area contributed by atoms with Crippen molar-refractivity contribution in [3.63, 3.8) is 0 Å². The second-order valence-electron chi connectivity index (χ2n) is 7.27. The zero-order chi connectivity index (χ0) is 22.8. The molecule has 0 spiro atoms. The smallest absolute Gasteiger partial charge is 0.338 e. The fourth-order valence-corrected chi connectivity index (χ4v) is 3.97. The van der Waals surface area contributed by atoms with Crippen molar-refractivity contribution in [2.45, 2.75) is 37.3 Å². The van der Waals surface area contributed by atoms with Gasteiger partial charge in [0, 0.05) is 10.9 Å². The van der Waals surface area contributed by atoms with E-state index in [0.29, 0.717) is 25.9 Å². The quantitative estimate of drug-likeness (QED) is 0.263. The molecule has 1 fully saturated rings. The topological polar surface area (TPSA) is 139 Å². The predicted octanol–water partition coefficient (Wildman–Crippen LogP) is 1.57. The standard InChI is InChI=1S/C22H21IO9/c23-16-8-13-12(10-29-21(28)11-4-2-1-3-5-11)6-7-14(20(13)32-16)30-22-19(27)18(26)17(25)15(9-24)31-22/h1-8,15,17-19,22,24-27H,9-10H2/t15-,17+,18+,19-,22-/m1/s1. The number of rotatable bonds is 6. The highest BCUT2D eigenvalue weighted by atomic mass is 127. The summed E-state index contributed by atoms with van der Waals surface area (Å²) in [6.45, 7) is -0.565. The highest BCUT2D eigenvalue weighted by Gasteiger charge is 2.45. The summed E-state index contributed by atoms with van der Waals surface area (Å²) in [6, 6.07) is 13.6. The summed E-state index contributed by atoms with van der Waals surface area (Å²) in [6.07, 6.45) is -7.04. The predicted molar refractivity (Wildman–Crippen MR) is 119 cm³/mol. The number of hydrogen-bond acceptors (Lipinski definition) is 9. The molecule has 0 aliphatic carbocycles. The van der Waals surface area contributed by atoms with Gasteiger partial charge in [0.2, 0.25) is 6.29 Å². The number of fused-ring (bicyclic) bond motifs is 1. The molecule has 3 aromatic rings. The summed E-state index contributed by atoms with van der Waals surface area (Å²) in [5.41, 5.74) is 1.45. The van der Waals surface area contributed by atoms with Crippen LogP contribution in [0.2, 0.25) is 0 Å². The van der Waals surface area contributed by atoms with Gasteiger partial charge < -0.3 is 39.1 Å². The molecule has 32 heavy (non-hydrogen) atoms. The van der Waals surface area contributed by atoms with Crippen molar-refractivity contribution < 1.29 is 43.8 Å². The van der Waals surface area contributed by atoms with E-state index >= 15 is 0 Å². The van der Waals surface area contributed by atoms with Gasteiger partial charge in [0.25, 0.3) is 0 Å². The van der Waals surface area contributed by atoms with Gasteiger partial charge in [-0.2, -0.15) is 0 Å². The van der Waals surface area contributed by atoms with Crippen molar-refractivity contribution >= 4 is 39.5 Å². The van der Waals surface area contributed by atoms with E-state index in [1.165, 1.54) is 0 Å². The molecule has 10 heteroatoms. The van der Waals surface area contributed by atoms with E-state index in [9.17, 15) is 25.2 Å². The maximum Gasteiger partial charge on any atom is 0.338 e. The van der Waals surface area contributed by atoms with Gasteiger partial charge in [-0.15, -0.1) is 0 Å². The van der Waals surface area contributed by atoms with Crippen LogP contribution >= 0.6 is 22.6 Å². The lowest BCUT2D eigenvalue weighted by Crippen LogP contribution is -2.60. The lowest BCUT2D eigenvalue weighted by atomic mass is 9.99. The van der Waals surface area contributed by atoms with Gasteiger partial charge in [-0.05, 0) is 46.9 Å². The Bertz CT molecular complexity index is 1080. The Morgan fingerprint density at radius 3 is 2.50 bits per heavy atom. The Balaban J connectivity index is 1.55. The number of esters is 1. The van der Waals surface area contributed by atoms with Gasteiger partial charge in [0.1, 0.15) is 31.0 Å². The van der Waals surface area contributed by atoms with Gasteiger partial charge in [-0.3, -0.25) is 0 Å². The average molecular weight is 556 g/mol. The Morgan fingerprint density at radius 1 is 1.03 bits per heavy atom. The molecule has 1 saturated heterocycles. The monoisotopic (exact) mass is 556 g/mol. The number of aliphatic hydroxyl groups excluding tert-OH is 4. The Kier molecular flexibility index (Phi) is 6.98. The Hall–Kier alpha value is -2.22. The van der Waals surface area contributed by atoms with Crippen LogP contribution in [0.4, 0.5) is 0 Å². The zero-order valence-corrected chi connectivity index (χ0v) is 18.8. The van der Waals surface area contributed by atoms with Crippen molar-refractivity contribution in [3.05, 3.63) is 63.4 Å². The van der Waals surface area contributed by atoms with Crippen molar-refractivity contribution in [1.82, 2.24) is 0 Å². The van der Waals surface area contributed by atoms with E-state index in [1.54, 1.807) is 42.5 Å². The third-order valence-corrected chi connectivity index (χ3v) is 5.70. The molecule has 2 aromatic carbocycles. The Labute approximate surface area is 196 Å². The number of hydrogen-bond donors (Lipinski definition) is 4. The Morgan fingerprint density at radius 2 is 1.78 bits per heavy atom. The minimum atomic E-state index is -1.56. The second kappa shape index (κ2) is 9.73. The summed E-state index contributed by atoms with van der Waals surface area (Å²) in [5.74, 6) is -0.246. The molecular weight excluding hydrogens is 535 g/mol. The van der Waals surface area contributed by atoms with Crippen LogP contribution < -0.4 is 4.74 Å². The van der Waals surface area contributed by atoms with Crippen molar-refractivity contribution in [2.75, 3.05) is 6.61 Å². The number of carbonyl (C=O) groups is 1. The molecule has 1 aliphatic heterocycles. The van der Waals surface area contributed by atoms with Crippen molar-refractivity contribution in [1.29, 1.82) is 0 Å². The van der Waals surface area contributed by atoms with Gasteiger partial charge >= 0.3 is 5.97 Å². The fourth-order valence-electron chi connectivity index (χ4n) is 3.43. The average Bonchev–Trinajstić information content (AvgIpc) is 3.21. The summed E-state index contributed by atoms with van der Waals surface area (Å²) in [4.78, 5) is 12.3. The van der Waals surface area contributed by atoms with E-state index in [1.807, 2.05) is 28.7 Å². The van der Waals surface area contributed by atoms with E-state index in [-0.39, 0.29) is 12.4 Å². The molecule has 170 valence electrons. The van der Waals surface area contributed by atoms with Crippen molar-refractivity contribution in [2.24, 2.45) is 0 Å². The molecule has 0 saturated carbocycles. The molecule has 0 amide bonds. The van der Waals surface area contributed by atoms with Crippen LogP contribution in [0.15, 0.2) is 52.9 Å². The van der Waals surface area contributed by atoms with E-state index in [0.717, 1.165) is 0 Å². The largest absolute Gasteiger partial charge is 0.458 e. The molecule has 0 bridgehead atoms. The molecule has 9 nitrogen and oxygen atoms in total. The third-order valence-electron chi connectivity index (χ3n) is 5.17. The van der Waals surface area contributed by atoms with Gasteiger partial charge in [-0.1, -0.05) is 24.3 Å². The molecule has 2 heterocycles. The number of halogens is 1. The second-order valence-corrected chi connectivity index (χ2v) is 8.34. The van der Waals surface area contributed by atoms with Gasteiger partial charge in [-0.25, -0.2) is 4.79 Å². The van der Waals surface area contributed by atoms with Crippen molar-refractivity contribution in [3.8, 4) is 5.75 Å². The third kappa shape index (κ3) is 4.60. The highest BCUT2D eigenvalue weighted by Crippen LogP contribution is 2.35. The molecule has 0 unspecified atom stereocenters. The SMILES string of the molecule is O=C(OCc1ccc(O[C@@H]2O[C@H](CO)[C@H](O)[C@H](O)[C@H]2O)c2oc(I)cc12)c1ccccc1. The molecular formula is C22H21IO9. The minimum Gasteiger partial charge on any atom is -0.458 e. The summed E-state index contributed by atoms with van der Waals surface area (Å²) >= 11 is 1.99. The number of benzene rings is 2. The number of carbonyl (C=O) groups excluding carboxylic acids is 1. The van der Waals surface area contributed by atoms with E-state index in [4.69, 9.17) is 18.6 Å². The first-order valence-corrected chi connectivity index (χ1v) is 10.9. The molecule has 5 atom stereocenters. The zero-order valence-electron chi connectivity index (χ0n) is 16.6. The lowest BCUT2D eigenvalue weighted by Gasteiger charge is -2.39. The first-order chi connectivity index (χ1) is 15.4. The maximum atomic E-state index is 12.3. The van der Waals surface area contributed by atoms with Crippen LogP contribution in [0, 0.1) is 3.77 Å². The molecule has 4 rings (SSSR count). The van der Waals surface area contributed by atoms with Crippen LogP contribution in [0.3, 0.4) is 0 Å². The highest BCUT2D eigenvalue weighted by molar-refractivity contribution is 14.1. The fraction of sp³-hybridized carbons (Fsp3) is 0.318. The van der Waals surface area contributed by atoms with Crippen LogP contribution in [0.1, 0.15) is 15.9 Å². The first kappa shape index (κ1) is 23.0. The minimum absolute atomic E-state index is 0.000166. The summed E-state index contributed by atoms with van der Waals surface area (Å²) < 4.78 is 22.8. The van der Waals surface area contributed by atoms with Gasteiger partial charge in [0.05, 0.1) is 12.2 Å². The summed E-state index contributed by atoms with van der Waals surface area (Å²) in [7, 11) is 0. The van der Waals surface area contributed by atoms with Crippen LogP contribution in [0.25, 0.3) is 11.0 Å². The van der Waals surface area contributed by atoms with E-state index < -0.39 is 43.3 Å². The van der Waals surface area contributed by atoms with E-state index in [2.05, 4.69) is 0 Å². The molecule has 0 radical (unpaired) electrons. The molecule has 4 N–H and O–H groups in total.